The van der Waals surface area contributed by atoms with Crippen LogP contribution in [0.15, 0.2) is 79.0 Å². The van der Waals surface area contributed by atoms with Crippen molar-refractivity contribution in [3.05, 3.63) is 106 Å². The number of ketones is 1. The van der Waals surface area contributed by atoms with Crippen LogP contribution in [0.4, 0.5) is 5.69 Å². The molecular formula is C30H28ClN3O2. The average Bonchev–Trinajstić information content (AvgIpc) is 2.90. The van der Waals surface area contributed by atoms with Gasteiger partial charge < -0.3 is 10.6 Å². The molecule has 0 bridgehead atoms. The molecule has 1 amide bonds. The topological polar surface area (TPSA) is 71.1 Å². The van der Waals surface area contributed by atoms with Crippen LogP contribution in [0.1, 0.15) is 57.5 Å². The van der Waals surface area contributed by atoms with Crippen LogP contribution in [0.25, 0.3) is 10.9 Å². The summed E-state index contributed by atoms with van der Waals surface area (Å²) in [4.78, 5) is 30.7. The first-order valence-corrected chi connectivity index (χ1v) is 12.7. The molecule has 0 atom stereocenters. The van der Waals surface area contributed by atoms with E-state index in [0.717, 1.165) is 47.8 Å². The molecule has 5 nitrogen and oxygen atoms in total. The minimum atomic E-state index is -0.195. The van der Waals surface area contributed by atoms with Crippen molar-refractivity contribution in [3.8, 4) is 0 Å². The second-order valence-electron chi connectivity index (χ2n) is 9.43. The summed E-state index contributed by atoms with van der Waals surface area (Å²) < 4.78 is 0. The number of carbonyl (C=O) groups is 2. The van der Waals surface area contributed by atoms with Crippen molar-refractivity contribution in [2.45, 2.75) is 44.7 Å². The lowest BCUT2D eigenvalue weighted by Gasteiger charge is -2.30. The number of amides is 1. The molecule has 1 aliphatic carbocycles. The first-order chi connectivity index (χ1) is 17.5. The summed E-state index contributed by atoms with van der Waals surface area (Å²) >= 11 is 6.11. The number of hydrogen-bond acceptors (Lipinski definition) is 4. The van der Waals surface area contributed by atoms with Gasteiger partial charge in [0.15, 0.2) is 5.78 Å². The molecule has 1 fully saturated rings. The van der Waals surface area contributed by atoms with Gasteiger partial charge in [0.1, 0.15) is 0 Å². The van der Waals surface area contributed by atoms with Gasteiger partial charge in [-0.3, -0.25) is 14.6 Å². The molecule has 36 heavy (non-hydrogen) atoms. The van der Waals surface area contributed by atoms with Crippen molar-refractivity contribution in [1.29, 1.82) is 0 Å². The largest absolute Gasteiger partial charge is 0.382 e. The minimum absolute atomic E-state index is 0.0751. The van der Waals surface area contributed by atoms with Gasteiger partial charge in [-0.2, -0.15) is 0 Å². The monoisotopic (exact) mass is 497 g/mol. The standard InChI is InChI=1S/C30H28ClN3O2/c1-19-6-8-20(9-7-19)29(35)24-4-2-3-5-25(24)30(36)34-23-13-11-22(12-14-23)33-27-16-17-32-28-18-21(31)10-15-26(27)28/h2-10,15-18,22-23H,11-14H2,1H3,(H,32,33)(H,34,36). The number of aromatic nitrogens is 1. The number of benzene rings is 3. The van der Waals surface area contributed by atoms with Crippen molar-refractivity contribution in [1.82, 2.24) is 10.3 Å². The van der Waals surface area contributed by atoms with Gasteiger partial charge in [-0.15, -0.1) is 0 Å². The number of nitrogens with one attached hydrogen (secondary N) is 2. The second kappa shape index (κ2) is 10.5. The van der Waals surface area contributed by atoms with Crippen LogP contribution in [0.2, 0.25) is 5.02 Å². The fourth-order valence-corrected chi connectivity index (χ4v) is 5.02. The molecule has 0 unspecified atom stereocenters. The molecule has 5 rings (SSSR count). The Hall–Kier alpha value is -3.70. The molecule has 0 aliphatic heterocycles. The SMILES string of the molecule is Cc1ccc(C(=O)c2ccccc2C(=O)NC2CCC(Nc3ccnc4cc(Cl)ccc34)CC2)cc1. The maximum atomic E-state index is 13.2. The van der Waals surface area contributed by atoms with Gasteiger partial charge >= 0.3 is 0 Å². The minimum Gasteiger partial charge on any atom is -0.382 e. The van der Waals surface area contributed by atoms with Gasteiger partial charge in [-0.25, -0.2) is 0 Å². The van der Waals surface area contributed by atoms with E-state index >= 15 is 0 Å². The van der Waals surface area contributed by atoms with Crippen molar-refractivity contribution >= 4 is 39.9 Å². The summed E-state index contributed by atoms with van der Waals surface area (Å²) in [5.74, 6) is -0.334. The third-order valence-electron chi connectivity index (χ3n) is 6.86. The maximum absolute atomic E-state index is 13.2. The zero-order valence-electron chi connectivity index (χ0n) is 20.1. The van der Waals surface area contributed by atoms with E-state index < -0.39 is 0 Å². The van der Waals surface area contributed by atoms with Gasteiger partial charge in [-0.05, 0) is 62.9 Å². The molecular weight excluding hydrogens is 470 g/mol. The molecule has 1 aliphatic rings. The van der Waals surface area contributed by atoms with Gasteiger partial charge in [0.25, 0.3) is 5.91 Å². The van der Waals surface area contributed by atoms with Crippen LogP contribution < -0.4 is 10.6 Å². The van der Waals surface area contributed by atoms with Gasteiger partial charge in [0.2, 0.25) is 0 Å². The van der Waals surface area contributed by atoms with Crippen LogP contribution in [0.5, 0.6) is 0 Å². The number of fused-ring (bicyclic) bond motifs is 1. The molecule has 1 heterocycles. The van der Waals surface area contributed by atoms with E-state index in [4.69, 9.17) is 11.6 Å². The smallest absolute Gasteiger partial charge is 0.252 e. The summed E-state index contributed by atoms with van der Waals surface area (Å²) in [6.07, 6.45) is 5.40. The number of aryl methyl sites for hydroxylation is 1. The lowest BCUT2D eigenvalue weighted by molar-refractivity contribution is 0.0917. The molecule has 0 radical (unpaired) electrons. The Morgan fingerprint density at radius 1 is 0.861 bits per heavy atom. The van der Waals surface area contributed by atoms with E-state index in [1.807, 2.05) is 43.3 Å². The summed E-state index contributed by atoms with van der Waals surface area (Å²) in [5, 5.41) is 8.54. The molecule has 6 heteroatoms. The zero-order chi connectivity index (χ0) is 25.1. The highest BCUT2D eigenvalue weighted by atomic mass is 35.5. The van der Waals surface area contributed by atoms with Gasteiger partial charge in [0, 0.05) is 45.5 Å². The Morgan fingerprint density at radius 2 is 1.56 bits per heavy atom. The van der Waals surface area contributed by atoms with E-state index in [-0.39, 0.29) is 17.7 Å². The van der Waals surface area contributed by atoms with Crippen LogP contribution in [-0.2, 0) is 0 Å². The number of anilines is 1. The van der Waals surface area contributed by atoms with Crippen molar-refractivity contribution in [3.63, 3.8) is 0 Å². The number of rotatable bonds is 6. The highest BCUT2D eigenvalue weighted by Gasteiger charge is 2.25. The van der Waals surface area contributed by atoms with E-state index in [2.05, 4.69) is 15.6 Å². The van der Waals surface area contributed by atoms with E-state index in [1.54, 1.807) is 42.6 Å². The van der Waals surface area contributed by atoms with Gasteiger partial charge in [0.05, 0.1) is 11.1 Å². The quantitative estimate of drug-likeness (QED) is 0.295. The molecule has 182 valence electrons. The Balaban J connectivity index is 1.22. The second-order valence-corrected chi connectivity index (χ2v) is 9.86. The molecule has 1 saturated carbocycles. The van der Waals surface area contributed by atoms with Crippen LogP contribution in [0.3, 0.4) is 0 Å². The van der Waals surface area contributed by atoms with E-state index in [9.17, 15) is 9.59 Å². The Kier molecular flexibility index (Phi) is 7.01. The number of pyridine rings is 1. The molecule has 4 aromatic rings. The molecule has 0 saturated heterocycles. The predicted molar refractivity (Wildman–Crippen MR) is 145 cm³/mol. The summed E-state index contributed by atoms with van der Waals surface area (Å²) in [7, 11) is 0. The molecule has 3 aromatic carbocycles. The fourth-order valence-electron chi connectivity index (χ4n) is 4.85. The Morgan fingerprint density at radius 3 is 2.31 bits per heavy atom. The zero-order valence-corrected chi connectivity index (χ0v) is 20.9. The highest BCUT2D eigenvalue weighted by Crippen LogP contribution is 2.28. The number of nitrogens with zero attached hydrogens (tertiary/aromatic N) is 1. The number of carbonyl (C=O) groups excluding carboxylic acids is 2. The normalized spacial score (nSPS) is 17.5. The first-order valence-electron chi connectivity index (χ1n) is 12.3. The Labute approximate surface area is 215 Å². The molecule has 0 spiro atoms. The molecule has 2 N–H and O–H groups in total. The van der Waals surface area contributed by atoms with E-state index in [0.29, 0.717) is 27.8 Å². The maximum Gasteiger partial charge on any atom is 0.252 e. The van der Waals surface area contributed by atoms with Crippen molar-refractivity contribution in [2.24, 2.45) is 0 Å². The van der Waals surface area contributed by atoms with Crippen LogP contribution >= 0.6 is 11.6 Å². The summed E-state index contributed by atoms with van der Waals surface area (Å²) in [6.45, 7) is 1.98. The van der Waals surface area contributed by atoms with Crippen LogP contribution in [0, 0.1) is 6.92 Å². The van der Waals surface area contributed by atoms with Crippen molar-refractivity contribution in [2.75, 3.05) is 5.32 Å². The summed E-state index contributed by atoms with van der Waals surface area (Å²) in [5.41, 5.74) is 4.44. The van der Waals surface area contributed by atoms with Crippen molar-refractivity contribution < 1.29 is 9.59 Å². The average molecular weight is 498 g/mol. The highest BCUT2D eigenvalue weighted by molar-refractivity contribution is 6.31. The number of halogens is 1. The van der Waals surface area contributed by atoms with Gasteiger partial charge in [-0.1, -0.05) is 59.6 Å². The lowest BCUT2D eigenvalue weighted by atomic mass is 9.90. The third kappa shape index (κ3) is 5.26. The van der Waals surface area contributed by atoms with E-state index in [1.165, 1.54) is 0 Å². The fraction of sp³-hybridized carbons (Fsp3) is 0.233. The summed E-state index contributed by atoms with van der Waals surface area (Å²) in [6, 6.07) is 22.6. The molecule has 1 aromatic heterocycles. The van der Waals surface area contributed by atoms with Crippen LogP contribution in [-0.4, -0.2) is 28.8 Å². The third-order valence-corrected chi connectivity index (χ3v) is 7.09. The predicted octanol–water partition coefficient (Wildman–Crippen LogP) is 6.58. The number of hydrogen-bond donors (Lipinski definition) is 2. The first kappa shape index (κ1) is 24.0. The lowest BCUT2D eigenvalue weighted by Crippen LogP contribution is -2.40. The Bertz CT molecular complexity index is 1410.